The molecule has 1 saturated heterocycles. The normalized spacial score (nSPS) is 22.1. The Balaban J connectivity index is 1.44. The molecule has 0 unspecified atom stereocenters. The Morgan fingerprint density at radius 3 is 2.52 bits per heavy atom. The molecule has 0 aromatic carbocycles. The zero-order valence-corrected chi connectivity index (χ0v) is 14.2. The molecule has 1 saturated carbocycles. The van der Waals surface area contributed by atoms with Gasteiger partial charge in [0.15, 0.2) is 0 Å². The second-order valence-electron chi connectivity index (χ2n) is 6.93. The van der Waals surface area contributed by atoms with Gasteiger partial charge >= 0.3 is 6.03 Å². The van der Waals surface area contributed by atoms with E-state index in [2.05, 4.69) is 10.6 Å². The fourth-order valence-corrected chi connectivity index (χ4v) is 3.44. The summed E-state index contributed by atoms with van der Waals surface area (Å²) in [5.41, 5.74) is 5.81. The van der Waals surface area contributed by atoms with Gasteiger partial charge in [0.1, 0.15) is 0 Å². The van der Waals surface area contributed by atoms with Crippen LogP contribution in [0.2, 0.25) is 0 Å². The van der Waals surface area contributed by atoms with Crippen molar-refractivity contribution in [3.8, 4) is 0 Å². The molecular weight excluding hydrogens is 292 g/mol. The van der Waals surface area contributed by atoms with Crippen molar-refractivity contribution in [2.75, 3.05) is 19.6 Å². The van der Waals surface area contributed by atoms with Crippen LogP contribution in [0.4, 0.5) is 4.79 Å². The molecule has 2 rings (SSSR count). The summed E-state index contributed by atoms with van der Waals surface area (Å²) < 4.78 is 0. The number of nitrogens with zero attached hydrogens (tertiary/aromatic N) is 1. The molecule has 4 N–H and O–H groups in total. The summed E-state index contributed by atoms with van der Waals surface area (Å²) in [5, 5.41) is 5.96. The maximum absolute atomic E-state index is 11.9. The number of amides is 3. The van der Waals surface area contributed by atoms with Crippen LogP contribution in [-0.2, 0) is 4.79 Å². The molecule has 2 aliphatic rings. The van der Waals surface area contributed by atoms with E-state index in [1.54, 1.807) is 0 Å². The van der Waals surface area contributed by atoms with E-state index >= 15 is 0 Å². The number of unbranched alkanes of at least 4 members (excludes halogenated alkanes) is 2. The fourth-order valence-electron chi connectivity index (χ4n) is 3.44. The lowest BCUT2D eigenvalue weighted by Crippen LogP contribution is -2.43. The van der Waals surface area contributed by atoms with Gasteiger partial charge < -0.3 is 21.3 Å². The minimum Gasteiger partial charge on any atom is -0.341 e. The molecule has 2 fully saturated rings. The first-order valence-electron chi connectivity index (χ1n) is 9.23. The van der Waals surface area contributed by atoms with Gasteiger partial charge in [0.2, 0.25) is 5.91 Å². The van der Waals surface area contributed by atoms with Crippen LogP contribution in [0.3, 0.4) is 0 Å². The van der Waals surface area contributed by atoms with Crippen molar-refractivity contribution < 1.29 is 9.59 Å². The lowest BCUT2D eigenvalue weighted by atomic mass is 9.96. The summed E-state index contributed by atoms with van der Waals surface area (Å²) in [5.74, 6) is 0.223. The summed E-state index contributed by atoms with van der Waals surface area (Å²) in [6.07, 6.45) is 10.2. The molecule has 1 heterocycles. The molecule has 0 bridgehead atoms. The maximum Gasteiger partial charge on any atom is 0.315 e. The number of likely N-dealkylation sites (tertiary alicyclic amines) is 1. The first-order chi connectivity index (χ1) is 11.1. The summed E-state index contributed by atoms with van der Waals surface area (Å²) in [7, 11) is 0. The topological polar surface area (TPSA) is 87.5 Å². The standard InChI is InChI=1S/C17H32N4O2/c18-14-10-12-21(13-14)16(22)9-5-2-6-11-19-17(23)20-15-7-3-1-4-8-15/h14-15H,1-13,18H2,(H2,19,20,23)/t14-/m1/s1. The highest BCUT2D eigenvalue weighted by molar-refractivity contribution is 5.76. The van der Waals surface area contributed by atoms with E-state index in [0.717, 1.165) is 45.1 Å². The van der Waals surface area contributed by atoms with Gasteiger partial charge in [-0.1, -0.05) is 25.7 Å². The number of nitrogens with one attached hydrogen (secondary N) is 2. The maximum atomic E-state index is 11.9. The quantitative estimate of drug-likeness (QED) is 0.623. The van der Waals surface area contributed by atoms with E-state index in [9.17, 15) is 9.59 Å². The van der Waals surface area contributed by atoms with E-state index in [1.807, 2.05) is 4.90 Å². The first kappa shape index (κ1) is 18.0. The van der Waals surface area contributed by atoms with Crippen LogP contribution in [0.25, 0.3) is 0 Å². The molecule has 0 aromatic rings. The second kappa shape index (κ2) is 9.75. The van der Waals surface area contributed by atoms with Gasteiger partial charge in [0.05, 0.1) is 0 Å². The highest BCUT2D eigenvalue weighted by atomic mass is 16.2. The SMILES string of the molecule is N[C@@H]1CCN(C(=O)CCCCCNC(=O)NC2CCCCC2)C1. The van der Waals surface area contributed by atoms with Gasteiger partial charge in [-0.15, -0.1) is 0 Å². The third-order valence-corrected chi connectivity index (χ3v) is 4.87. The van der Waals surface area contributed by atoms with Crippen LogP contribution >= 0.6 is 0 Å². The van der Waals surface area contributed by atoms with Crippen LogP contribution in [0.15, 0.2) is 0 Å². The largest absolute Gasteiger partial charge is 0.341 e. The van der Waals surface area contributed by atoms with Crippen molar-refractivity contribution in [2.45, 2.75) is 76.3 Å². The van der Waals surface area contributed by atoms with Crippen molar-refractivity contribution in [3.63, 3.8) is 0 Å². The number of nitrogens with two attached hydrogens (primary N) is 1. The summed E-state index contributed by atoms with van der Waals surface area (Å²) in [4.78, 5) is 25.6. The average Bonchev–Trinajstić information content (AvgIpc) is 2.98. The smallest absolute Gasteiger partial charge is 0.315 e. The molecule has 1 aliphatic carbocycles. The minimum absolute atomic E-state index is 0.0426. The number of carbonyl (C=O) groups is 2. The second-order valence-corrected chi connectivity index (χ2v) is 6.93. The zero-order valence-electron chi connectivity index (χ0n) is 14.2. The average molecular weight is 324 g/mol. The van der Waals surface area contributed by atoms with E-state index in [4.69, 9.17) is 5.73 Å². The highest BCUT2D eigenvalue weighted by Crippen LogP contribution is 2.17. The van der Waals surface area contributed by atoms with E-state index in [-0.39, 0.29) is 18.0 Å². The van der Waals surface area contributed by atoms with Crippen molar-refractivity contribution in [1.29, 1.82) is 0 Å². The van der Waals surface area contributed by atoms with Crippen LogP contribution in [0, 0.1) is 0 Å². The van der Waals surface area contributed by atoms with E-state index in [1.165, 1.54) is 19.3 Å². The lowest BCUT2D eigenvalue weighted by Gasteiger charge is -2.22. The monoisotopic (exact) mass is 324 g/mol. The Hall–Kier alpha value is -1.30. The number of urea groups is 1. The molecule has 1 aliphatic heterocycles. The van der Waals surface area contributed by atoms with E-state index < -0.39 is 0 Å². The van der Waals surface area contributed by atoms with Crippen LogP contribution in [0.1, 0.15) is 64.2 Å². The van der Waals surface area contributed by atoms with Gasteiger partial charge in [0, 0.05) is 38.1 Å². The molecule has 0 spiro atoms. The summed E-state index contributed by atoms with van der Waals surface area (Å²) >= 11 is 0. The van der Waals surface area contributed by atoms with Crippen molar-refractivity contribution >= 4 is 11.9 Å². The third kappa shape index (κ3) is 6.77. The molecular formula is C17H32N4O2. The molecule has 0 aromatic heterocycles. The van der Waals surface area contributed by atoms with Gasteiger partial charge in [-0.25, -0.2) is 4.79 Å². The lowest BCUT2D eigenvalue weighted by molar-refractivity contribution is -0.130. The predicted molar refractivity (Wildman–Crippen MR) is 91.0 cm³/mol. The minimum atomic E-state index is -0.0426. The van der Waals surface area contributed by atoms with Gasteiger partial charge in [-0.3, -0.25) is 4.79 Å². The van der Waals surface area contributed by atoms with Gasteiger partial charge in [-0.2, -0.15) is 0 Å². The Morgan fingerprint density at radius 1 is 1.04 bits per heavy atom. The van der Waals surface area contributed by atoms with Crippen LogP contribution in [-0.4, -0.2) is 48.6 Å². The molecule has 132 valence electrons. The first-order valence-corrected chi connectivity index (χ1v) is 9.23. The van der Waals surface area contributed by atoms with Gasteiger partial charge in [0.25, 0.3) is 0 Å². The number of rotatable bonds is 7. The van der Waals surface area contributed by atoms with E-state index in [0.29, 0.717) is 25.6 Å². The molecule has 0 radical (unpaired) electrons. The summed E-state index contributed by atoms with van der Waals surface area (Å²) in [6, 6.07) is 0.470. The van der Waals surface area contributed by atoms with Crippen LogP contribution < -0.4 is 16.4 Å². The molecule has 23 heavy (non-hydrogen) atoms. The predicted octanol–water partition coefficient (Wildman–Crippen LogP) is 1.74. The Bertz CT molecular complexity index is 383. The Morgan fingerprint density at radius 2 is 1.83 bits per heavy atom. The zero-order chi connectivity index (χ0) is 16.5. The van der Waals surface area contributed by atoms with Crippen molar-refractivity contribution in [1.82, 2.24) is 15.5 Å². The third-order valence-electron chi connectivity index (χ3n) is 4.87. The number of hydrogen-bond acceptors (Lipinski definition) is 3. The highest BCUT2D eigenvalue weighted by Gasteiger charge is 2.22. The molecule has 3 amide bonds. The molecule has 6 heteroatoms. The number of hydrogen-bond donors (Lipinski definition) is 3. The molecule has 6 nitrogen and oxygen atoms in total. The Labute approximate surface area is 139 Å². The van der Waals surface area contributed by atoms with Gasteiger partial charge in [-0.05, 0) is 32.1 Å². The summed E-state index contributed by atoms with van der Waals surface area (Å²) in [6.45, 7) is 2.20. The van der Waals surface area contributed by atoms with Crippen molar-refractivity contribution in [3.05, 3.63) is 0 Å². The fraction of sp³-hybridized carbons (Fsp3) is 0.882. The van der Waals surface area contributed by atoms with Crippen molar-refractivity contribution in [2.24, 2.45) is 5.73 Å². The Kier molecular flexibility index (Phi) is 7.65. The molecule has 1 atom stereocenters. The number of carbonyl (C=O) groups excluding carboxylic acids is 2. The van der Waals surface area contributed by atoms with Crippen LogP contribution in [0.5, 0.6) is 0 Å².